The topological polar surface area (TPSA) is 40.6 Å². The van der Waals surface area contributed by atoms with E-state index in [1.165, 1.54) is 0 Å². The van der Waals surface area contributed by atoms with Gasteiger partial charge in [0.25, 0.3) is 0 Å². The Labute approximate surface area is 140 Å². The lowest BCUT2D eigenvalue weighted by molar-refractivity contribution is -0.144. The molecule has 2 bridgehead atoms. The first-order valence-corrected chi connectivity index (χ1v) is 9.27. The normalized spacial score (nSPS) is 26.3. The van der Waals surface area contributed by atoms with Gasteiger partial charge in [-0.05, 0) is 52.9 Å². The van der Waals surface area contributed by atoms with Gasteiger partial charge in [-0.2, -0.15) is 0 Å². The van der Waals surface area contributed by atoms with Crippen LogP contribution >= 0.6 is 0 Å². The second-order valence-electron chi connectivity index (χ2n) is 6.93. The molecule has 0 aromatic rings. The molecule has 2 aliphatic carbocycles. The van der Waals surface area contributed by atoms with Crippen molar-refractivity contribution >= 4 is 11.8 Å². The molecule has 1 saturated carbocycles. The average Bonchev–Trinajstić information content (AvgIpc) is 3.16. The smallest absolute Gasteiger partial charge is 0.227 e. The predicted octanol–water partition coefficient (Wildman–Crippen LogP) is 3.09. The summed E-state index contributed by atoms with van der Waals surface area (Å²) >= 11 is 0. The van der Waals surface area contributed by atoms with E-state index in [2.05, 4.69) is 12.2 Å². The third-order valence-electron chi connectivity index (χ3n) is 5.89. The van der Waals surface area contributed by atoms with Crippen LogP contribution in [0.3, 0.4) is 0 Å². The van der Waals surface area contributed by atoms with Gasteiger partial charge in [0.15, 0.2) is 0 Å². The van der Waals surface area contributed by atoms with E-state index in [4.69, 9.17) is 0 Å². The van der Waals surface area contributed by atoms with Crippen molar-refractivity contribution in [3.05, 3.63) is 12.2 Å². The number of rotatable bonds is 8. The zero-order valence-electron chi connectivity index (χ0n) is 15.2. The van der Waals surface area contributed by atoms with E-state index in [1.54, 1.807) is 0 Å². The molecule has 0 saturated heterocycles. The van der Waals surface area contributed by atoms with Crippen LogP contribution < -0.4 is 0 Å². The Kier molecular flexibility index (Phi) is 5.88. The quantitative estimate of drug-likeness (QED) is 0.645. The molecule has 0 aliphatic heterocycles. The number of hydrogen-bond donors (Lipinski definition) is 0. The Morgan fingerprint density at radius 2 is 1.70 bits per heavy atom. The minimum absolute atomic E-state index is 0.0762. The molecule has 0 aromatic carbocycles. The Balaban J connectivity index is 2.23. The molecule has 3 atom stereocenters. The van der Waals surface area contributed by atoms with E-state index < -0.39 is 0 Å². The SMILES string of the molecule is CCN(CC)C(=O)CC(C(=O)N(CC)CC)C12C=CC(CC1)C2. The lowest BCUT2D eigenvalue weighted by Crippen LogP contribution is -2.45. The van der Waals surface area contributed by atoms with Crippen molar-refractivity contribution in [3.63, 3.8) is 0 Å². The summed E-state index contributed by atoms with van der Waals surface area (Å²) in [6.45, 7) is 10.9. The molecule has 0 spiro atoms. The van der Waals surface area contributed by atoms with Gasteiger partial charge in [-0.3, -0.25) is 9.59 Å². The molecule has 2 rings (SSSR count). The number of amides is 2. The third-order valence-corrected chi connectivity index (χ3v) is 5.89. The van der Waals surface area contributed by atoms with Crippen LogP contribution in [0.1, 0.15) is 53.4 Å². The van der Waals surface area contributed by atoms with Crippen LogP contribution in [-0.2, 0) is 9.59 Å². The lowest BCUT2D eigenvalue weighted by atomic mass is 9.72. The first-order valence-electron chi connectivity index (χ1n) is 9.27. The highest BCUT2D eigenvalue weighted by Crippen LogP contribution is 2.55. The van der Waals surface area contributed by atoms with E-state index in [1.807, 2.05) is 37.5 Å². The second-order valence-corrected chi connectivity index (χ2v) is 6.93. The van der Waals surface area contributed by atoms with E-state index >= 15 is 0 Å². The number of nitrogens with zero attached hydrogens (tertiary/aromatic N) is 2. The molecule has 4 heteroatoms. The zero-order valence-corrected chi connectivity index (χ0v) is 15.2. The minimum atomic E-state index is -0.195. The Bertz CT molecular complexity index is 466. The number of hydrogen-bond acceptors (Lipinski definition) is 2. The molecule has 0 aromatic heterocycles. The van der Waals surface area contributed by atoms with Crippen molar-refractivity contribution in [2.75, 3.05) is 26.2 Å². The first kappa shape index (κ1) is 18.0. The molecule has 4 nitrogen and oxygen atoms in total. The highest BCUT2D eigenvalue weighted by molar-refractivity contribution is 5.87. The Morgan fingerprint density at radius 3 is 2.09 bits per heavy atom. The number of carbonyl (C=O) groups is 2. The van der Waals surface area contributed by atoms with Crippen LogP contribution in [0.25, 0.3) is 0 Å². The van der Waals surface area contributed by atoms with Crippen molar-refractivity contribution in [2.24, 2.45) is 17.3 Å². The lowest BCUT2D eigenvalue weighted by Gasteiger charge is -2.37. The van der Waals surface area contributed by atoms with Gasteiger partial charge >= 0.3 is 0 Å². The van der Waals surface area contributed by atoms with Crippen molar-refractivity contribution in [2.45, 2.75) is 53.4 Å². The number of carbonyl (C=O) groups excluding carboxylic acids is 2. The van der Waals surface area contributed by atoms with Crippen molar-refractivity contribution in [1.29, 1.82) is 0 Å². The monoisotopic (exact) mass is 320 g/mol. The second kappa shape index (κ2) is 7.50. The molecule has 2 amide bonds. The van der Waals surface area contributed by atoms with Gasteiger partial charge in [0.2, 0.25) is 11.8 Å². The number of fused-ring (bicyclic) bond motifs is 2. The molecule has 0 N–H and O–H groups in total. The van der Waals surface area contributed by atoms with Gasteiger partial charge in [-0.25, -0.2) is 0 Å². The summed E-state index contributed by atoms with van der Waals surface area (Å²) in [7, 11) is 0. The molecule has 130 valence electrons. The predicted molar refractivity (Wildman–Crippen MR) is 92.9 cm³/mol. The minimum Gasteiger partial charge on any atom is -0.343 e. The van der Waals surface area contributed by atoms with E-state index in [0.29, 0.717) is 38.5 Å². The van der Waals surface area contributed by atoms with Crippen molar-refractivity contribution in [3.8, 4) is 0 Å². The van der Waals surface area contributed by atoms with E-state index in [-0.39, 0.29) is 23.1 Å². The summed E-state index contributed by atoms with van der Waals surface area (Å²) in [5.41, 5.74) is -0.0762. The van der Waals surface area contributed by atoms with Crippen LogP contribution in [0.5, 0.6) is 0 Å². The summed E-state index contributed by atoms with van der Waals surface area (Å²) < 4.78 is 0. The van der Waals surface area contributed by atoms with Gasteiger partial charge in [0.05, 0.1) is 5.92 Å². The third kappa shape index (κ3) is 3.46. The van der Waals surface area contributed by atoms with E-state index in [9.17, 15) is 9.59 Å². The fraction of sp³-hybridized carbons (Fsp3) is 0.789. The summed E-state index contributed by atoms with van der Waals surface area (Å²) in [5.74, 6) is 0.714. The maximum absolute atomic E-state index is 13.1. The molecular formula is C19H32N2O2. The molecule has 23 heavy (non-hydrogen) atoms. The fourth-order valence-corrected chi connectivity index (χ4v) is 4.39. The number of allylic oxidation sites excluding steroid dienone is 2. The summed E-state index contributed by atoms with van der Waals surface area (Å²) in [6.07, 6.45) is 8.15. The van der Waals surface area contributed by atoms with Crippen LogP contribution in [0.2, 0.25) is 0 Å². The Morgan fingerprint density at radius 1 is 1.09 bits per heavy atom. The van der Waals surface area contributed by atoms with Crippen LogP contribution in [0.15, 0.2) is 12.2 Å². The van der Waals surface area contributed by atoms with Crippen LogP contribution in [-0.4, -0.2) is 47.8 Å². The zero-order chi connectivity index (χ0) is 17.0. The molecular weight excluding hydrogens is 288 g/mol. The van der Waals surface area contributed by atoms with Gasteiger partial charge in [0, 0.05) is 38.0 Å². The van der Waals surface area contributed by atoms with Gasteiger partial charge < -0.3 is 9.80 Å². The maximum atomic E-state index is 13.1. The fourth-order valence-electron chi connectivity index (χ4n) is 4.39. The summed E-state index contributed by atoms with van der Waals surface area (Å²) in [4.78, 5) is 29.6. The van der Waals surface area contributed by atoms with Crippen LogP contribution in [0, 0.1) is 17.3 Å². The molecule has 0 radical (unpaired) electrons. The van der Waals surface area contributed by atoms with Crippen molar-refractivity contribution < 1.29 is 9.59 Å². The molecule has 3 unspecified atom stereocenters. The summed E-state index contributed by atoms with van der Waals surface area (Å²) in [5, 5.41) is 0. The van der Waals surface area contributed by atoms with E-state index in [0.717, 1.165) is 19.3 Å². The maximum Gasteiger partial charge on any atom is 0.227 e. The van der Waals surface area contributed by atoms with Crippen LogP contribution in [0.4, 0.5) is 0 Å². The Hall–Kier alpha value is -1.32. The first-order chi connectivity index (χ1) is 11.0. The largest absolute Gasteiger partial charge is 0.343 e. The highest BCUT2D eigenvalue weighted by Gasteiger charge is 2.50. The van der Waals surface area contributed by atoms with Gasteiger partial charge in [0.1, 0.15) is 0 Å². The molecule has 2 aliphatic rings. The standard InChI is InChI=1S/C19H32N2O2/c1-5-20(6-2)17(22)13-16(18(23)21(7-3)8-4)19-11-9-15(14-19)10-12-19/h9,11,15-16H,5-8,10,12-14H2,1-4H3. The van der Waals surface area contributed by atoms with Gasteiger partial charge in [-0.15, -0.1) is 0 Å². The molecule has 0 heterocycles. The average molecular weight is 320 g/mol. The highest BCUT2D eigenvalue weighted by atomic mass is 16.2. The van der Waals surface area contributed by atoms with Gasteiger partial charge in [-0.1, -0.05) is 12.2 Å². The molecule has 1 fully saturated rings. The summed E-state index contributed by atoms with van der Waals surface area (Å²) in [6, 6.07) is 0. The van der Waals surface area contributed by atoms with Crippen molar-refractivity contribution in [1.82, 2.24) is 9.80 Å².